The normalized spacial score (nSPS) is 10.2. The van der Waals surface area contributed by atoms with Gasteiger partial charge < -0.3 is 4.57 Å². The van der Waals surface area contributed by atoms with Gasteiger partial charge in [-0.3, -0.25) is 15.6 Å². The molecule has 2 rings (SSSR count). The molecule has 1 amide bonds. The van der Waals surface area contributed by atoms with Crippen molar-refractivity contribution < 1.29 is 4.79 Å². The summed E-state index contributed by atoms with van der Waals surface area (Å²) < 4.78 is 1.89. The maximum absolute atomic E-state index is 11.9. The van der Waals surface area contributed by atoms with Crippen molar-refractivity contribution in [2.24, 2.45) is 7.05 Å². The lowest BCUT2D eigenvalue weighted by atomic mass is 10.2. The van der Waals surface area contributed by atoms with E-state index in [2.05, 4.69) is 17.4 Å². The average molecular weight is 324 g/mol. The van der Waals surface area contributed by atoms with E-state index in [1.54, 1.807) is 18.2 Å². The zero-order valence-electron chi connectivity index (χ0n) is 11.5. The van der Waals surface area contributed by atoms with Gasteiger partial charge in [-0.1, -0.05) is 29.8 Å². The molecule has 0 radical (unpaired) electrons. The second kappa shape index (κ2) is 6.70. The molecule has 1 heterocycles. The summed E-state index contributed by atoms with van der Waals surface area (Å²) in [7, 11) is 1.89. The minimum absolute atomic E-state index is 0.164. The quantitative estimate of drug-likeness (QED) is 0.830. The highest BCUT2D eigenvalue weighted by molar-refractivity contribution is 6.35. The number of hydrazine groups is 1. The number of nitrogens with zero attached hydrogens (tertiary/aromatic N) is 1. The topological polar surface area (TPSA) is 46.1 Å². The smallest absolute Gasteiger partial charge is 0.244 e. The minimum Gasteiger partial charge on any atom is -0.354 e. The van der Waals surface area contributed by atoms with Gasteiger partial charge >= 0.3 is 0 Å². The Kier molecular flexibility index (Phi) is 4.94. The number of hydrogen-bond donors (Lipinski definition) is 2. The molecule has 110 valence electrons. The lowest BCUT2D eigenvalue weighted by molar-refractivity contribution is -0.121. The molecule has 0 saturated carbocycles. The highest BCUT2D eigenvalue weighted by Crippen LogP contribution is 2.24. The summed E-state index contributed by atoms with van der Waals surface area (Å²) in [6.45, 7) is 3.84. The van der Waals surface area contributed by atoms with Gasteiger partial charge in [-0.25, -0.2) is 0 Å². The first-order valence-corrected chi connectivity index (χ1v) is 7.02. The molecule has 0 aliphatic heterocycles. The number of rotatable bonds is 5. The third-order valence-electron chi connectivity index (χ3n) is 3.00. The third-order valence-corrected chi connectivity index (χ3v) is 3.55. The zero-order chi connectivity index (χ0) is 15.4. The van der Waals surface area contributed by atoms with Gasteiger partial charge in [-0.05, 0) is 30.3 Å². The maximum Gasteiger partial charge on any atom is 0.244 e. The van der Waals surface area contributed by atoms with E-state index in [4.69, 9.17) is 23.2 Å². The van der Waals surface area contributed by atoms with Crippen LogP contribution in [0.1, 0.15) is 11.3 Å². The molecule has 4 nitrogen and oxygen atoms in total. The Morgan fingerprint density at radius 2 is 2.05 bits per heavy atom. The molecule has 6 heteroatoms. The number of aromatic nitrogens is 1. The van der Waals surface area contributed by atoms with Crippen LogP contribution in [0.4, 0.5) is 0 Å². The molecule has 0 aliphatic carbocycles. The second-order valence-electron chi connectivity index (χ2n) is 4.56. The van der Waals surface area contributed by atoms with E-state index in [1.165, 1.54) is 0 Å². The number of carbonyl (C=O) groups is 1. The number of hydrogen-bond acceptors (Lipinski definition) is 2. The van der Waals surface area contributed by atoms with Crippen molar-refractivity contribution in [2.75, 3.05) is 0 Å². The summed E-state index contributed by atoms with van der Waals surface area (Å²) in [4.78, 5) is 11.9. The predicted octanol–water partition coefficient (Wildman–Crippen LogP) is 3.17. The van der Waals surface area contributed by atoms with Crippen LogP contribution in [0.2, 0.25) is 10.0 Å². The Labute approximate surface area is 133 Å². The summed E-state index contributed by atoms with van der Waals surface area (Å²) in [5.41, 5.74) is 7.45. The standard InChI is InChI=1S/C15H15Cl2N3O/c1-10(13-6-5-11(16)8-14(13)17)18-19-15(21)9-12-4-3-7-20(12)2/h3-8,18H,1,9H2,2H3,(H,19,21). The van der Waals surface area contributed by atoms with Gasteiger partial charge in [0.2, 0.25) is 5.91 Å². The SMILES string of the molecule is C=C(NNC(=O)Cc1cccn1C)c1ccc(Cl)cc1Cl. The molecular formula is C15H15Cl2N3O. The van der Waals surface area contributed by atoms with Gasteiger partial charge in [0.25, 0.3) is 0 Å². The Balaban J connectivity index is 1.92. The zero-order valence-corrected chi connectivity index (χ0v) is 13.0. The third kappa shape index (κ3) is 4.03. The number of carbonyl (C=O) groups excluding carboxylic acids is 1. The molecule has 2 N–H and O–H groups in total. The van der Waals surface area contributed by atoms with Crippen LogP contribution in [0.3, 0.4) is 0 Å². The molecule has 0 atom stereocenters. The van der Waals surface area contributed by atoms with Crippen molar-refractivity contribution >= 4 is 34.8 Å². The van der Waals surface area contributed by atoms with Crippen molar-refractivity contribution in [3.05, 3.63) is 64.4 Å². The van der Waals surface area contributed by atoms with Gasteiger partial charge in [0.05, 0.1) is 17.1 Å². The van der Waals surface area contributed by atoms with Gasteiger partial charge in [0.1, 0.15) is 0 Å². The number of aryl methyl sites for hydroxylation is 1. The van der Waals surface area contributed by atoms with E-state index < -0.39 is 0 Å². The Bertz CT molecular complexity index is 679. The first kappa shape index (κ1) is 15.5. The lowest BCUT2D eigenvalue weighted by Crippen LogP contribution is -2.37. The van der Waals surface area contributed by atoms with Gasteiger partial charge in [-0.15, -0.1) is 0 Å². The van der Waals surface area contributed by atoms with Crippen LogP contribution in [0, 0.1) is 0 Å². The van der Waals surface area contributed by atoms with Crippen LogP contribution in [-0.4, -0.2) is 10.5 Å². The maximum atomic E-state index is 11.9. The van der Waals surface area contributed by atoms with E-state index in [0.717, 1.165) is 5.69 Å². The number of nitrogens with one attached hydrogen (secondary N) is 2. The van der Waals surface area contributed by atoms with Gasteiger partial charge in [0.15, 0.2) is 0 Å². The largest absolute Gasteiger partial charge is 0.354 e. The second-order valence-corrected chi connectivity index (χ2v) is 5.41. The lowest BCUT2D eigenvalue weighted by Gasteiger charge is -2.13. The Hall–Kier alpha value is -1.91. The molecule has 21 heavy (non-hydrogen) atoms. The minimum atomic E-state index is -0.164. The molecule has 0 saturated heterocycles. The molecule has 0 spiro atoms. The van der Waals surface area contributed by atoms with E-state index in [1.807, 2.05) is 29.9 Å². The van der Waals surface area contributed by atoms with Crippen LogP contribution in [-0.2, 0) is 18.3 Å². The summed E-state index contributed by atoms with van der Waals surface area (Å²) in [5, 5.41) is 1.01. The number of amides is 1. The monoisotopic (exact) mass is 323 g/mol. The van der Waals surface area contributed by atoms with E-state index in [9.17, 15) is 4.79 Å². The van der Waals surface area contributed by atoms with Gasteiger partial charge in [0, 0.05) is 29.5 Å². The van der Waals surface area contributed by atoms with E-state index >= 15 is 0 Å². The molecule has 1 aromatic heterocycles. The fourth-order valence-electron chi connectivity index (χ4n) is 1.84. The summed E-state index contributed by atoms with van der Waals surface area (Å²) in [5.74, 6) is -0.164. The van der Waals surface area contributed by atoms with Gasteiger partial charge in [-0.2, -0.15) is 0 Å². The van der Waals surface area contributed by atoms with Crippen LogP contribution < -0.4 is 10.9 Å². The van der Waals surface area contributed by atoms with Crippen molar-refractivity contribution in [3.63, 3.8) is 0 Å². The van der Waals surface area contributed by atoms with Crippen molar-refractivity contribution in [3.8, 4) is 0 Å². The van der Waals surface area contributed by atoms with Crippen molar-refractivity contribution in [2.45, 2.75) is 6.42 Å². The molecule has 0 aliphatic rings. The summed E-state index contributed by atoms with van der Waals surface area (Å²) in [6, 6.07) is 8.86. The molecule has 1 aromatic carbocycles. The highest BCUT2D eigenvalue weighted by atomic mass is 35.5. The predicted molar refractivity (Wildman–Crippen MR) is 85.9 cm³/mol. The molecule has 0 bridgehead atoms. The fourth-order valence-corrected chi connectivity index (χ4v) is 2.36. The molecule has 0 unspecified atom stereocenters. The molecular weight excluding hydrogens is 309 g/mol. The number of benzene rings is 1. The van der Waals surface area contributed by atoms with Crippen molar-refractivity contribution in [1.29, 1.82) is 0 Å². The Morgan fingerprint density at radius 1 is 1.29 bits per heavy atom. The van der Waals surface area contributed by atoms with E-state index in [0.29, 0.717) is 21.3 Å². The molecule has 0 fully saturated rings. The molecule has 2 aromatic rings. The highest BCUT2D eigenvalue weighted by Gasteiger charge is 2.08. The average Bonchev–Trinajstić information content (AvgIpc) is 2.81. The summed E-state index contributed by atoms with van der Waals surface area (Å²) >= 11 is 11.9. The van der Waals surface area contributed by atoms with E-state index in [-0.39, 0.29) is 12.3 Å². The van der Waals surface area contributed by atoms with Crippen LogP contribution in [0.25, 0.3) is 5.70 Å². The fraction of sp³-hybridized carbons (Fsp3) is 0.133. The van der Waals surface area contributed by atoms with Crippen LogP contribution in [0.5, 0.6) is 0 Å². The van der Waals surface area contributed by atoms with Crippen molar-refractivity contribution in [1.82, 2.24) is 15.4 Å². The van der Waals surface area contributed by atoms with Crippen LogP contribution >= 0.6 is 23.2 Å². The first-order valence-electron chi connectivity index (χ1n) is 6.27. The Morgan fingerprint density at radius 3 is 2.67 bits per heavy atom. The van der Waals surface area contributed by atoms with Crippen LogP contribution in [0.15, 0.2) is 43.1 Å². The summed E-state index contributed by atoms with van der Waals surface area (Å²) in [6.07, 6.45) is 2.17. The number of halogens is 2. The first-order chi connectivity index (χ1) is 9.97.